The van der Waals surface area contributed by atoms with Gasteiger partial charge >= 0.3 is 0 Å². The molecule has 0 atom stereocenters. The van der Waals surface area contributed by atoms with E-state index < -0.39 is 0 Å². The van der Waals surface area contributed by atoms with Gasteiger partial charge < -0.3 is 10.2 Å². The predicted molar refractivity (Wildman–Crippen MR) is 107 cm³/mol. The van der Waals surface area contributed by atoms with Gasteiger partial charge in [0.05, 0.1) is 0 Å². The molecule has 27 heavy (non-hydrogen) atoms. The van der Waals surface area contributed by atoms with E-state index in [9.17, 15) is 4.79 Å². The molecule has 5 nitrogen and oxygen atoms in total. The Morgan fingerprint density at radius 1 is 0.926 bits per heavy atom. The van der Waals surface area contributed by atoms with Crippen molar-refractivity contribution in [2.24, 2.45) is 0 Å². The Hall–Kier alpha value is -3.21. The molecule has 2 aromatic carbocycles. The van der Waals surface area contributed by atoms with Gasteiger partial charge in [-0.15, -0.1) is 0 Å². The third-order valence-electron chi connectivity index (χ3n) is 4.78. The third kappa shape index (κ3) is 4.14. The van der Waals surface area contributed by atoms with Crippen LogP contribution >= 0.6 is 0 Å². The summed E-state index contributed by atoms with van der Waals surface area (Å²) in [5.74, 6) is 0.698. The second kappa shape index (κ2) is 7.99. The average molecular weight is 358 g/mol. The summed E-state index contributed by atoms with van der Waals surface area (Å²) < 4.78 is 0. The van der Waals surface area contributed by atoms with Gasteiger partial charge in [-0.3, -0.25) is 4.79 Å². The van der Waals surface area contributed by atoms with Crippen molar-refractivity contribution in [3.8, 4) is 11.1 Å². The number of nitrogens with one attached hydrogen (secondary N) is 1. The number of aromatic nitrogens is 2. The molecule has 1 amide bonds. The third-order valence-corrected chi connectivity index (χ3v) is 4.78. The SMILES string of the molecule is O=C(NCc1ccccc1)c1cccc(-c2cnc(N3CCCC3)nc2)c1. The van der Waals surface area contributed by atoms with E-state index in [2.05, 4.69) is 20.2 Å². The van der Waals surface area contributed by atoms with E-state index in [0.717, 1.165) is 35.7 Å². The van der Waals surface area contributed by atoms with E-state index in [4.69, 9.17) is 0 Å². The number of carbonyl (C=O) groups excluding carboxylic acids is 1. The summed E-state index contributed by atoms with van der Waals surface area (Å²) in [5, 5.41) is 2.96. The van der Waals surface area contributed by atoms with Crippen LogP contribution in [0.25, 0.3) is 11.1 Å². The predicted octanol–water partition coefficient (Wildman–Crippen LogP) is 3.67. The summed E-state index contributed by atoms with van der Waals surface area (Å²) in [4.78, 5) is 23.7. The standard InChI is InChI=1S/C22H22N4O/c27-21(23-14-17-7-2-1-3-8-17)19-10-6-9-18(13-19)20-15-24-22(25-16-20)26-11-4-5-12-26/h1-3,6-10,13,15-16H,4-5,11-12,14H2,(H,23,27). The summed E-state index contributed by atoms with van der Waals surface area (Å²) in [7, 11) is 0. The van der Waals surface area contributed by atoms with Crippen LogP contribution in [0.2, 0.25) is 0 Å². The molecule has 1 aromatic heterocycles. The maximum absolute atomic E-state index is 12.5. The lowest BCUT2D eigenvalue weighted by atomic mass is 10.1. The first kappa shape index (κ1) is 17.2. The van der Waals surface area contributed by atoms with Crippen LogP contribution in [0.4, 0.5) is 5.95 Å². The Morgan fingerprint density at radius 3 is 2.41 bits per heavy atom. The quantitative estimate of drug-likeness (QED) is 0.756. The molecule has 0 spiro atoms. The van der Waals surface area contributed by atoms with Crippen LogP contribution in [0.15, 0.2) is 67.0 Å². The van der Waals surface area contributed by atoms with E-state index in [-0.39, 0.29) is 5.91 Å². The fourth-order valence-electron chi connectivity index (χ4n) is 3.27. The topological polar surface area (TPSA) is 58.1 Å². The highest BCUT2D eigenvalue weighted by atomic mass is 16.1. The van der Waals surface area contributed by atoms with Crippen molar-refractivity contribution in [1.82, 2.24) is 15.3 Å². The molecule has 1 N–H and O–H groups in total. The highest BCUT2D eigenvalue weighted by molar-refractivity contribution is 5.95. The van der Waals surface area contributed by atoms with Crippen LogP contribution in [0.5, 0.6) is 0 Å². The summed E-state index contributed by atoms with van der Waals surface area (Å²) in [6, 6.07) is 17.5. The Morgan fingerprint density at radius 2 is 1.67 bits per heavy atom. The second-order valence-electron chi connectivity index (χ2n) is 6.71. The molecular formula is C22H22N4O. The molecule has 0 saturated carbocycles. The van der Waals surface area contributed by atoms with Crippen molar-refractivity contribution in [3.05, 3.63) is 78.1 Å². The van der Waals surface area contributed by atoms with Crippen molar-refractivity contribution in [3.63, 3.8) is 0 Å². The molecule has 1 aliphatic heterocycles. The molecular weight excluding hydrogens is 336 g/mol. The number of amides is 1. The molecule has 3 aromatic rings. The number of carbonyl (C=O) groups is 1. The smallest absolute Gasteiger partial charge is 0.251 e. The van der Waals surface area contributed by atoms with Crippen LogP contribution in [0.3, 0.4) is 0 Å². The van der Waals surface area contributed by atoms with Gasteiger partial charge in [-0.2, -0.15) is 0 Å². The summed E-state index contributed by atoms with van der Waals surface area (Å²) in [5.41, 5.74) is 3.56. The van der Waals surface area contributed by atoms with Crippen LogP contribution < -0.4 is 10.2 Å². The van der Waals surface area contributed by atoms with E-state index >= 15 is 0 Å². The van der Waals surface area contributed by atoms with Crippen molar-refractivity contribution in [2.75, 3.05) is 18.0 Å². The van der Waals surface area contributed by atoms with Gasteiger partial charge in [-0.25, -0.2) is 9.97 Å². The zero-order chi connectivity index (χ0) is 18.5. The van der Waals surface area contributed by atoms with Gasteiger partial charge in [0.2, 0.25) is 5.95 Å². The average Bonchev–Trinajstić information content (AvgIpc) is 3.28. The number of anilines is 1. The Labute approximate surface area is 159 Å². The van der Waals surface area contributed by atoms with E-state index in [0.29, 0.717) is 12.1 Å². The molecule has 5 heteroatoms. The molecule has 0 unspecified atom stereocenters. The maximum atomic E-state index is 12.5. The van der Waals surface area contributed by atoms with Crippen molar-refractivity contribution in [1.29, 1.82) is 0 Å². The number of benzene rings is 2. The molecule has 136 valence electrons. The van der Waals surface area contributed by atoms with Crippen molar-refractivity contribution in [2.45, 2.75) is 19.4 Å². The number of hydrogen-bond acceptors (Lipinski definition) is 4. The van der Waals surface area contributed by atoms with Crippen LogP contribution in [-0.4, -0.2) is 29.0 Å². The van der Waals surface area contributed by atoms with Crippen molar-refractivity contribution < 1.29 is 4.79 Å². The van der Waals surface area contributed by atoms with E-state index in [1.807, 2.05) is 67.0 Å². The Bertz CT molecular complexity index is 903. The largest absolute Gasteiger partial charge is 0.348 e. The monoisotopic (exact) mass is 358 g/mol. The fourth-order valence-corrected chi connectivity index (χ4v) is 3.27. The molecule has 4 rings (SSSR count). The maximum Gasteiger partial charge on any atom is 0.251 e. The van der Waals surface area contributed by atoms with Gasteiger partial charge in [-0.1, -0.05) is 42.5 Å². The lowest BCUT2D eigenvalue weighted by Crippen LogP contribution is -2.22. The second-order valence-corrected chi connectivity index (χ2v) is 6.71. The summed E-state index contributed by atoms with van der Waals surface area (Å²) in [6.45, 7) is 2.56. The zero-order valence-electron chi connectivity index (χ0n) is 15.1. The highest BCUT2D eigenvalue weighted by Gasteiger charge is 2.15. The molecule has 1 fully saturated rings. The van der Waals surface area contributed by atoms with Gasteiger partial charge in [0, 0.05) is 43.2 Å². The van der Waals surface area contributed by atoms with Gasteiger partial charge in [-0.05, 0) is 36.1 Å². The van der Waals surface area contributed by atoms with E-state index in [1.165, 1.54) is 12.8 Å². The molecule has 2 heterocycles. The minimum absolute atomic E-state index is 0.0877. The van der Waals surface area contributed by atoms with Gasteiger partial charge in [0.25, 0.3) is 5.91 Å². The summed E-state index contributed by atoms with van der Waals surface area (Å²) >= 11 is 0. The highest BCUT2D eigenvalue weighted by Crippen LogP contribution is 2.22. The summed E-state index contributed by atoms with van der Waals surface area (Å²) in [6.07, 6.45) is 6.07. The Kier molecular flexibility index (Phi) is 5.10. The number of nitrogens with zero attached hydrogens (tertiary/aromatic N) is 3. The lowest BCUT2D eigenvalue weighted by Gasteiger charge is -2.14. The molecule has 0 radical (unpaired) electrons. The number of hydrogen-bond donors (Lipinski definition) is 1. The fraction of sp³-hybridized carbons (Fsp3) is 0.227. The van der Waals surface area contributed by atoms with E-state index in [1.54, 1.807) is 0 Å². The molecule has 1 aliphatic rings. The van der Waals surface area contributed by atoms with Gasteiger partial charge in [0.15, 0.2) is 0 Å². The van der Waals surface area contributed by atoms with Crippen LogP contribution in [-0.2, 0) is 6.54 Å². The number of rotatable bonds is 5. The molecule has 0 aliphatic carbocycles. The first-order valence-corrected chi connectivity index (χ1v) is 9.29. The minimum Gasteiger partial charge on any atom is -0.348 e. The first-order chi connectivity index (χ1) is 13.3. The van der Waals surface area contributed by atoms with Crippen LogP contribution in [0, 0.1) is 0 Å². The zero-order valence-corrected chi connectivity index (χ0v) is 15.1. The first-order valence-electron chi connectivity index (χ1n) is 9.29. The van der Waals surface area contributed by atoms with Gasteiger partial charge in [0.1, 0.15) is 0 Å². The normalized spacial score (nSPS) is 13.6. The minimum atomic E-state index is -0.0877. The lowest BCUT2D eigenvalue weighted by molar-refractivity contribution is 0.0951. The molecule has 0 bridgehead atoms. The molecule has 1 saturated heterocycles. The van der Waals surface area contributed by atoms with Crippen molar-refractivity contribution >= 4 is 11.9 Å². The van der Waals surface area contributed by atoms with Crippen LogP contribution in [0.1, 0.15) is 28.8 Å². The Balaban J connectivity index is 1.46.